The molecule has 11 heteroatoms. The zero-order chi connectivity index (χ0) is 28.5. The normalized spacial score (nSPS) is 20.1. The molecule has 2 atom stereocenters. The maximum absolute atomic E-state index is 14.6. The summed E-state index contributed by atoms with van der Waals surface area (Å²) >= 11 is 0. The van der Waals surface area contributed by atoms with Crippen molar-refractivity contribution in [2.45, 2.75) is 22.7 Å². The number of benzene rings is 2. The molecule has 0 saturated heterocycles. The molecule has 3 aromatic rings. The second kappa shape index (κ2) is 10.3. The summed E-state index contributed by atoms with van der Waals surface area (Å²) in [4.78, 5) is 27.4. The number of nitrogens with zero attached hydrogens (tertiary/aromatic N) is 2. The van der Waals surface area contributed by atoms with Gasteiger partial charge >= 0.3 is 11.1 Å². The lowest BCUT2D eigenvalue weighted by molar-refractivity contribution is -0.123. The summed E-state index contributed by atoms with van der Waals surface area (Å²) in [5, 5.41) is 23.3. The maximum atomic E-state index is 14.6. The third kappa shape index (κ3) is 4.19. The van der Waals surface area contributed by atoms with Crippen LogP contribution in [0.15, 0.2) is 95.0 Å². The molecule has 1 aromatic heterocycles. The number of aromatic nitrogens is 1. The molecule has 2 heterocycles. The molecule has 0 amide bonds. The van der Waals surface area contributed by atoms with Gasteiger partial charge in [-0.3, -0.25) is 4.79 Å². The SMILES string of the molecule is CCOc1ncccc1C1=C(C2CNc3ccccc32)C(C#N)=CC(OC(=O)O)(S(=O)(=O)c2ccccc2)C1=O. The number of hydrogen-bond donors (Lipinski definition) is 2. The van der Waals surface area contributed by atoms with Crippen LogP contribution in [0.4, 0.5) is 10.5 Å². The number of carbonyl (C=O) groups excluding carboxylic acids is 1. The van der Waals surface area contributed by atoms with Crippen molar-refractivity contribution in [1.82, 2.24) is 4.98 Å². The van der Waals surface area contributed by atoms with E-state index in [0.717, 1.165) is 17.3 Å². The Morgan fingerprint density at radius 2 is 1.88 bits per heavy atom. The second-order valence-corrected chi connectivity index (χ2v) is 11.0. The van der Waals surface area contributed by atoms with Gasteiger partial charge in [0.1, 0.15) is 0 Å². The summed E-state index contributed by atoms with van der Waals surface area (Å²) in [7, 11) is -4.88. The van der Waals surface area contributed by atoms with Crippen molar-refractivity contribution in [1.29, 1.82) is 5.26 Å². The van der Waals surface area contributed by atoms with Crippen LogP contribution >= 0.6 is 0 Å². The zero-order valence-electron chi connectivity index (χ0n) is 21.2. The van der Waals surface area contributed by atoms with Crippen LogP contribution < -0.4 is 10.1 Å². The second-order valence-electron chi connectivity index (χ2n) is 8.95. The fourth-order valence-corrected chi connectivity index (χ4v) is 6.76. The largest absolute Gasteiger partial charge is 0.508 e. The molecule has 1 aliphatic carbocycles. The van der Waals surface area contributed by atoms with Crippen LogP contribution in [0.3, 0.4) is 0 Å². The number of nitrogens with one attached hydrogen (secondary N) is 1. The van der Waals surface area contributed by atoms with Crippen molar-refractivity contribution >= 4 is 33.0 Å². The first-order valence-corrected chi connectivity index (χ1v) is 13.8. The Balaban J connectivity index is 1.87. The van der Waals surface area contributed by atoms with Crippen LogP contribution in [-0.2, 0) is 19.4 Å². The van der Waals surface area contributed by atoms with Gasteiger partial charge in [0.2, 0.25) is 21.5 Å². The molecule has 2 aromatic carbocycles. The van der Waals surface area contributed by atoms with Crippen molar-refractivity contribution < 1.29 is 32.6 Å². The maximum Gasteiger partial charge on any atom is 0.508 e. The van der Waals surface area contributed by atoms with Crippen molar-refractivity contribution in [2.75, 3.05) is 18.5 Å². The van der Waals surface area contributed by atoms with E-state index in [4.69, 9.17) is 9.47 Å². The number of allylic oxidation sites excluding steroid dienone is 1. The minimum absolute atomic E-state index is 0.0191. The third-order valence-electron chi connectivity index (χ3n) is 6.75. The summed E-state index contributed by atoms with van der Waals surface area (Å²) in [6, 6.07) is 19.3. The molecule has 5 rings (SSSR count). The predicted octanol–water partition coefficient (Wildman–Crippen LogP) is 4.34. The van der Waals surface area contributed by atoms with Gasteiger partial charge in [0, 0.05) is 41.6 Å². The number of rotatable bonds is 7. The average Bonchev–Trinajstić information content (AvgIpc) is 3.38. The van der Waals surface area contributed by atoms with Crippen molar-refractivity contribution in [3.05, 3.63) is 101 Å². The number of anilines is 1. The number of pyridine rings is 1. The molecule has 1 aliphatic heterocycles. The van der Waals surface area contributed by atoms with Crippen LogP contribution in [-0.4, -0.2) is 48.5 Å². The summed E-state index contributed by atoms with van der Waals surface area (Å²) in [6.07, 6.45) is 0.243. The Morgan fingerprint density at radius 1 is 1.15 bits per heavy atom. The van der Waals surface area contributed by atoms with Crippen molar-refractivity contribution in [2.24, 2.45) is 0 Å². The molecule has 40 heavy (non-hydrogen) atoms. The topological polar surface area (TPSA) is 156 Å². The van der Waals surface area contributed by atoms with Crippen LogP contribution in [0, 0.1) is 11.3 Å². The Hall–Kier alpha value is -4.95. The molecule has 0 fully saturated rings. The highest BCUT2D eigenvalue weighted by molar-refractivity contribution is 7.93. The van der Waals surface area contributed by atoms with Gasteiger partial charge < -0.3 is 19.9 Å². The number of Topliss-reactive ketones (excluding diaryl/α,β-unsaturated/α-hetero) is 1. The summed E-state index contributed by atoms with van der Waals surface area (Å²) < 4.78 is 38.9. The molecular formula is C29H23N3O7S. The Kier molecular flexibility index (Phi) is 6.87. The van der Waals surface area contributed by atoms with Gasteiger partial charge in [0.05, 0.1) is 23.1 Å². The molecule has 0 bridgehead atoms. The van der Waals surface area contributed by atoms with Crippen molar-refractivity contribution in [3.8, 4) is 11.9 Å². The Labute approximate surface area is 230 Å². The number of fused-ring (bicyclic) bond motifs is 1. The summed E-state index contributed by atoms with van der Waals surface area (Å²) in [5.74, 6) is -1.71. The van der Waals surface area contributed by atoms with E-state index >= 15 is 0 Å². The van der Waals surface area contributed by atoms with Crippen LogP contribution in [0.1, 0.15) is 24.0 Å². The van der Waals surface area contributed by atoms with E-state index in [1.54, 1.807) is 13.0 Å². The molecular weight excluding hydrogens is 534 g/mol. The number of ether oxygens (including phenoxy) is 2. The van der Waals surface area contributed by atoms with Crippen LogP contribution in [0.2, 0.25) is 0 Å². The number of carbonyl (C=O) groups is 2. The number of hydrogen-bond acceptors (Lipinski definition) is 9. The lowest BCUT2D eigenvalue weighted by Crippen LogP contribution is -2.51. The van der Waals surface area contributed by atoms with Gasteiger partial charge in [-0.15, -0.1) is 0 Å². The Bertz CT molecular complexity index is 1730. The highest BCUT2D eigenvalue weighted by atomic mass is 32.2. The summed E-state index contributed by atoms with van der Waals surface area (Å²) in [5.41, 5.74) is 1.45. The molecule has 0 spiro atoms. The molecule has 0 radical (unpaired) electrons. The lowest BCUT2D eigenvalue weighted by atomic mass is 9.77. The van der Waals surface area contributed by atoms with E-state index in [-0.39, 0.29) is 39.7 Å². The minimum atomic E-state index is -4.88. The van der Waals surface area contributed by atoms with E-state index in [1.165, 1.54) is 42.6 Å². The minimum Gasteiger partial charge on any atom is -0.478 e. The lowest BCUT2D eigenvalue weighted by Gasteiger charge is -2.34. The monoisotopic (exact) mass is 557 g/mol. The average molecular weight is 558 g/mol. The molecule has 0 saturated carbocycles. The predicted molar refractivity (Wildman–Crippen MR) is 144 cm³/mol. The number of sulfone groups is 1. The molecule has 10 nitrogen and oxygen atoms in total. The quantitative estimate of drug-likeness (QED) is 0.401. The van der Waals surface area contributed by atoms with Crippen LogP contribution in [0.25, 0.3) is 5.57 Å². The van der Waals surface area contributed by atoms with Gasteiger partial charge in [0.15, 0.2) is 0 Å². The van der Waals surface area contributed by atoms with Crippen LogP contribution in [0.5, 0.6) is 5.88 Å². The molecule has 2 unspecified atom stereocenters. The zero-order valence-corrected chi connectivity index (χ0v) is 22.0. The molecule has 2 aliphatic rings. The highest BCUT2D eigenvalue weighted by Crippen LogP contribution is 2.49. The number of nitriles is 1. The standard InChI is InChI=1S/C29H23N3O7S/c1-2-38-27-21(12-8-14-31-27)25-24(22-17-32-23-13-7-6-11-20(22)23)18(16-30)15-29(26(25)33,39-28(34)35)40(36,37)19-9-4-3-5-10-19/h3-15,22,32H,2,17H2,1H3,(H,34,35). The van der Waals surface area contributed by atoms with Gasteiger partial charge in [0.25, 0.3) is 0 Å². The van der Waals surface area contributed by atoms with Crippen molar-refractivity contribution in [3.63, 3.8) is 0 Å². The smallest absolute Gasteiger partial charge is 0.478 e. The molecule has 202 valence electrons. The number of carboxylic acid groups (broad SMARTS) is 1. The first-order valence-electron chi connectivity index (χ1n) is 12.3. The Morgan fingerprint density at radius 3 is 2.58 bits per heavy atom. The van der Waals surface area contributed by atoms with Gasteiger partial charge in [-0.2, -0.15) is 5.26 Å². The van der Waals surface area contributed by atoms with E-state index < -0.39 is 32.6 Å². The number of ketones is 1. The first-order chi connectivity index (χ1) is 19.2. The van der Waals surface area contributed by atoms with E-state index in [2.05, 4.69) is 10.3 Å². The van der Waals surface area contributed by atoms with E-state index in [0.29, 0.717) is 6.54 Å². The number of para-hydroxylation sites is 1. The first kappa shape index (κ1) is 26.6. The van der Waals surface area contributed by atoms with Gasteiger partial charge in [-0.25, -0.2) is 18.2 Å². The highest BCUT2D eigenvalue weighted by Gasteiger charge is 2.58. The summed E-state index contributed by atoms with van der Waals surface area (Å²) in [6.45, 7) is 2.19. The molecule has 2 N–H and O–H groups in total. The fraction of sp³-hybridized carbons (Fsp3) is 0.172. The van der Waals surface area contributed by atoms with Gasteiger partial charge in [-0.05, 0) is 48.4 Å². The third-order valence-corrected chi connectivity index (χ3v) is 8.83. The van der Waals surface area contributed by atoms with Gasteiger partial charge in [-0.1, -0.05) is 36.4 Å². The van der Waals surface area contributed by atoms with E-state index in [9.17, 15) is 28.4 Å². The fourth-order valence-electron chi connectivity index (χ4n) is 5.10. The van der Waals surface area contributed by atoms with E-state index in [1.807, 2.05) is 30.3 Å².